The van der Waals surface area contributed by atoms with Gasteiger partial charge in [-0.05, 0) is 31.5 Å². The number of β-amino-alcohol motifs (C(OH)–C–C–N with tert-alkyl or cyclic N) is 1. The lowest BCUT2D eigenvalue weighted by atomic mass is 9.98. The molecule has 7 nitrogen and oxygen atoms in total. The first-order valence-corrected chi connectivity index (χ1v) is 13.1. The maximum atomic E-state index is 13.8. The first-order chi connectivity index (χ1) is 17.0. The van der Waals surface area contributed by atoms with Gasteiger partial charge in [-0.3, -0.25) is 9.69 Å². The quantitative estimate of drug-likeness (QED) is 0.410. The molecule has 184 valence electrons. The van der Waals surface area contributed by atoms with Crippen molar-refractivity contribution in [2.45, 2.75) is 33.2 Å². The van der Waals surface area contributed by atoms with E-state index in [-0.39, 0.29) is 17.8 Å². The Kier molecular flexibility index (Phi) is 6.88. The first-order valence-electron chi connectivity index (χ1n) is 12.3. The number of hydrogen-bond donors (Lipinski definition) is 2. The number of rotatable bonds is 7. The lowest BCUT2D eigenvalue weighted by Gasteiger charge is -2.33. The fourth-order valence-corrected chi connectivity index (χ4v) is 6.11. The number of nitrogens with one attached hydrogen (secondary N) is 1. The molecule has 1 fully saturated rings. The van der Waals surface area contributed by atoms with Gasteiger partial charge < -0.3 is 19.5 Å². The highest BCUT2D eigenvalue weighted by Crippen LogP contribution is 2.34. The summed E-state index contributed by atoms with van der Waals surface area (Å²) >= 11 is 1.48. The highest BCUT2D eigenvalue weighted by molar-refractivity contribution is 7.21. The minimum Gasteiger partial charge on any atom is -0.872 e. The molecule has 0 amide bonds. The molecule has 3 heterocycles. The summed E-state index contributed by atoms with van der Waals surface area (Å²) in [5.41, 5.74) is 2.93. The van der Waals surface area contributed by atoms with Crippen LogP contribution >= 0.6 is 11.3 Å². The van der Waals surface area contributed by atoms with Crippen LogP contribution in [0.2, 0.25) is 0 Å². The SMILES string of the molecule is CCCc1cc2c(=O)c(-c3nc4ccccc4s3)c(C)oc2c(C[NH+]2CCN(CCO)CC2)c1[O-]. The largest absolute Gasteiger partial charge is 0.872 e. The summed E-state index contributed by atoms with van der Waals surface area (Å²) < 4.78 is 7.30. The van der Waals surface area contributed by atoms with Gasteiger partial charge in [-0.15, -0.1) is 11.3 Å². The summed E-state index contributed by atoms with van der Waals surface area (Å²) in [6.07, 6.45) is 1.46. The highest BCUT2D eigenvalue weighted by Gasteiger charge is 2.24. The molecule has 0 spiro atoms. The number of aliphatic hydroxyl groups is 1. The van der Waals surface area contributed by atoms with Gasteiger partial charge in [0, 0.05) is 25.2 Å². The van der Waals surface area contributed by atoms with E-state index in [1.807, 2.05) is 31.2 Å². The molecule has 1 aliphatic heterocycles. The van der Waals surface area contributed by atoms with Gasteiger partial charge in [0.1, 0.15) is 22.9 Å². The fraction of sp³-hybridized carbons (Fsp3) is 0.407. The van der Waals surface area contributed by atoms with Crippen molar-refractivity contribution in [3.8, 4) is 16.3 Å². The second kappa shape index (κ2) is 10.1. The zero-order valence-corrected chi connectivity index (χ0v) is 21.0. The number of hydrogen-bond acceptors (Lipinski definition) is 7. The van der Waals surface area contributed by atoms with E-state index in [9.17, 15) is 15.0 Å². The molecule has 2 N–H and O–H groups in total. The third-order valence-electron chi connectivity index (χ3n) is 6.92. The zero-order chi connectivity index (χ0) is 24.5. The third kappa shape index (κ3) is 4.59. The van der Waals surface area contributed by atoms with Gasteiger partial charge in [-0.25, -0.2) is 4.98 Å². The number of aromatic nitrogens is 1. The van der Waals surface area contributed by atoms with Crippen LogP contribution in [0.4, 0.5) is 0 Å². The van der Waals surface area contributed by atoms with Crippen molar-refractivity contribution in [1.29, 1.82) is 0 Å². The topological polar surface area (TPSA) is 94.1 Å². The number of fused-ring (bicyclic) bond motifs is 2. The molecule has 0 radical (unpaired) electrons. The van der Waals surface area contributed by atoms with E-state index in [4.69, 9.17) is 9.40 Å². The van der Waals surface area contributed by atoms with Crippen molar-refractivity contribution >= 4 is 32.5 Å². The summed E-state index contributed by atoms with van der Waals surface area (Å²) in [5.74, 6) is 0.494. The van der Waals surface area contributed by atoms with Crippen LogP contribution in [0.25, 0.3) is 31.8 Å². The standard InChI is InChI=1S/C27H31N3O4S/c1-3-6-18-15-19-25(33)23(27-28-21-7-4-5-8-22(21)35-27)17(2)34-26(19)20(24(18)32)16-30-11-9-29(10-12-30)13-14-31/h4-5,7-8,15,31-32H,3,6,9-14,16H2,1-2H3. The normalized spacial score (nSPS) is 15.4. The van der Waals surface area contributed by atoms with Crippen molar-refractivity contribution < 1.29 is 19.5 Å². The Balaban J connectivity index is 1.60. The van der Waals surface area contributed by atoms with Crippen molar-refractivity contribution in [2.24, 2.45) is 0 Å². The Morgan fingerprint density at radius 3 is 2.74 bits per heavy atom. The number of benzene rings is 2. The van der Waals surface area contributed by atoms with Crippen LogP contribution in [0.5, 0.6) is 5.75 Å². The molecule has 35 heavy (non-hydrogen) atoms. The predicted molar refractivity (Wildman–Crippen MR) is 137 cm³/mol. The Morgan fingerprint density at radius 2 is 2.03 bits per heavy atom. The molecule has 0 unspecified atom stereocenters. The van der Waals surface area contributed by atoms with Gasteiger partial charge >= 0.3 is 0 Å². The Hall–Kier alpha value is -2.78. The van der Waals surface area contributed by atoms with Crippen LogP contribution < -0.4 is 15.4 Å². The van der Waals surface area contributed by atoms with Crippen LogP contribution in [0.3, 0.4) is 0 Å². The summed E-state index contributed by atoms with van der Waals surface area (Å²) in [6.45, 7) is 8.71. The van der Waals surface area contributed by atoms with E-state index in [0.29, 0.717) is 57.9 Å². The van der Waals surface area contributed by atoms with Gasteiger partial charge in [0.25, 0.3) is 0 Å². The van der Waals surface area contributed by atoms with Crippen molar-refractivity contribution in [3.63, 3.8) is 0 Å². The molecule has 5 rings (SSSR count). The second-order valence-electron chi connectivity index (χ2n) is 9.31. The van der Waals surface area contributed by atoms with Gasteiger partial charge in [-0.1, -0.05) is 36.8 Å². The molecule has 0 saturated carbocycles. The van der Waals surface area contributed by atoms with Crippen LogP contribution in [-0.2, 0) is 13.0 Å². The fourth-order valence-electron chi connectivity index (χ4n) is 5.05. The third-order valence-corrected chi connectivity index (χ3v) is 7.97. The van der Waals surface area contributed by atoms with Crippen molar-refractivity contribution in [2.75, 3.05) is 39.3 Å². The first kappa shape index (κ1) is 23.9. The molecule has 1 aliphatic rings. The lowest BCUT2D eigenvalue weighted by Crippen LogP contribution is -3.13. The number of quaternary nitrogens is 1. The molecular formula is C27H31N3O4S. The van der Waals surface area contributed by atoms with Crippen molar-refractivity contribution in [3.05, 3.63) is 57.4 Å². The molecule has 4 aromatic rings. The summed E-state index contributed by atoms with van der Waals surface area (Å²) in [5, 5.41) is 23.8. The highest BCUT2D eigenvalue weighted by atomic mass is 32.1. The smallest absolute Gasteiger partial charge is 0.203 e. The number of aliphatic hydroxyl groups excluding tert-OH is 1. The summed E-state index contributed by atoms with van der Waals surface area (Å²) in [6, 6.07) is 9.59. The minimum atomic E-state index is -0.121. The van der Waals surface area contributed by atoms with E-state index < -0.39 is 0 Å². The second-order valence-corrected chi connectivity index (χ2v) is 10.3. The van der Waals surface area contributed by atoms with Crippen LogP contribution in [0.15, 0.2) is 39.5 Å². The lowest BCUT2D eigenvalue weighted by molar-refractivity contribution is -0.918. The van der Waals surface area contributed by atoms with Gasteiger partial charge in [0.2, 0.25) is 5.43 Å². The zero-order valence-electron chi connectivity index (χ0n) is 20.2. The predicted octanol–water partition coefficient (Wildman–Crippen LogP) is 2.10. The minimum absolute atomic E-state index is 0.0000696. The van der Waals surface area contributed by atoms with E-state index >= 15 is 0 Å². The van der Waals surface area contributed by atoms with Gasteiger partial charge in [-0.2, -0.15) is 0 Å². The average molecular weight is 494 g/mol. The Bertz CT molecular complexity index is 1390. The molecular weight excluding hydrogens is 462 g/mol. The van der Waals surface area contributed by atoms with E-state index in [2.05, 4.69) is 4.90 Å². The number of para-hydroxylation sites is 1. The monoisotopic (exact) mass is 493 g/mol. The Labute approximate surface area is 208 Å². The summed E-state index contributed by atoms with van der Waals surface area (Å²) in [7, 11) is 0. The number of thiazole rings is 1. The van der Waals surface area contributed by atoms with Gasteiger partial charge in [0.15, 0.2) is 0 Å². The summed E-state index contributed by atoms with van der Waals surface area (Å²) in [4.78, 5) is 22.0. The van der Waals surface area contributed by atoms with Crippen LogP contribution in [0, 0.1) is 6.92 Å². The van der Waals surface area contributed by atoms with Crippen LogP contribution in [-0.4, -0.2) is 54.3 Å². The maximum absolute atomic E-state index is 13.8. The molecule has 8 heteroatoms. The molecule has 2 aromatic carbocycles. The molecule has 0 atom stereocenters. The molecule has 0 aliphatic carbocycles. The van der Waals surface area contributed by atoms with Crippen LogP contribution in [0.1, 0.15) is 30.2 Å². The Morgan fingerprint density at radius 1 is 1.26 bits per heavy atom. The maximum Gasteiger partial charge on any atom is 0.203 e. The van der Waals surface area contributed by atoms with E-state index in [0.717, 1.165) is 42.8 Å². The molecule has 1 saturated heterocycles. The molecule has 2 aromatic heterocycles. The molecule has 0 bridgehead atoms. The van der Waals surface area contributed by atoms with Gasteiger partial charge in [0.05, 0.1) is 40.9 Å². The number of piperazine rings is 1. The van der Waals surface area contributed by atoms with E-state index in [1.54, 1.807) is 13.0 Å². The van der Waals surface area contributed by atoms with Crippen molar-refractivity contribution in [1.82, 2.24) is 9.88 Å². The number of aryl methyl sites for hydroxylation is 2. The van der Waals surface area contributed by atoms with E-state index in [1.165, 1.54) is 16.2 Å². The average Bonchev–Trinajstić information content (AvgIpc) is 3.27. The number of nitrogens with zero attached hydrogens (tertiary/aromatic N) is 2.